The summed E-state index contributed by atoms with van der Waals surface area (Å²) in [5, 5.41) is 2.10. The Hall–Kier alpha value is -2.28. The number of nitrogens with one attached hydrogen (secondary N) is 2. The minimum absolute atomic E-state index is 0.296. The average molecular weight is 322 g/mol. The molecule has 2 rings (SSSR count). The normalized spacial score (nSPS) is 9.95. The molecular weight excluding hydrogens is 314 g/mol. The number of benzene rings is 1. The van der Waals surface area contributed by atoms with Crippen molar-refractivity contribution in [2.24, 2.45) is 0 Å². The van der Waals surface area contributed by atoms with E-state index in [1.54, 1.807) is 30.3 Å². The van der Waals surface area contributed by atoms with Crippen molar-refractivity contribution in [1.82, 2.24) is 15.3 Å². The van der Waals surface area contributed by atoms with Gasteiger partial charge in [-0.15, -0.1) is 0 Å². The van der Waals surface area contributed by atoms with Gasteiger partial charge in [-0.05, 0) is 28.1 Å². The monoisotopic (exact) mass is 321 g/mol. The van der Waals surface area contributed by atoms with Gasteiger partial charge in [0.25, 0.3) is 17.4 Å². The first-order valence-corrected chi connectivity index (χ1v) is 6.03. The first-order valence-electron chi connectivity index (χ1n) is 5.24. The Labute approximate surface area is 116 Å². The van der Waals surface area contributed by atoms with Gasteiger partial charge in [0, 0.05) is 11.8 Å². The number of rotatable bonds is 2. The third-order valence-electron chi connectivity index (χ3n) is 2.23. The second kappa shape index (κ2) is 5.57. The lowest BCUT2D eigenvalue weighted by Crippen LogP contribution is -2.35. The summed E-state index contributed by atoms with van der Waals surface area (Å²) in [7, 11) is 0. The fraction of sp³-hybridized carbons (Fsp3) is 0. The summed E-state index contributed by atoms with van der Waals surface area (Å²) < 4.78 is 0.296. The van der Waals surface area contributed by atoms with Crippen molar-refractivity contribution in [2.75, 3.05) is 0 Å². The van der Waals surface area contributed by atoms with Crippen LogP contribution in [0.25, 0.3) is 0 Å². The van der Waals surface area contributed by atoms with Crippen LogP contribution in [0.3, 0.4) is 0 Å². The van der Waals surface area contributed by atoms with Crippen LogP contribution in [0, 0.1) is 0 Å². The predicted molar refractivity (Wildman–Crippen MR) is 70.8 cm³/mol. The average Bonchev–Trinajstić information content (AvgIpc) is 2.42. The number of hydrogen-bond donors (Lipinski definition) is 2. The topological polar surface area (TPSA) is 91.9 Å². The molecule has 6 nitrogen and oxygen atoms in total. The molecule has 2 aromatic rings. The van der Waals surface area contributed by atoms with Gasteiger partial charge in [-0.2, -0.15) is 0 Å². The number of amides is 2. The smallest absolute Gasteiger partial charge is 0.282 e. The predicted octanol–water partition coefficient (Wildman–Crippen LogP) is 1.10. The molecule has 0 fully saturated rings. The van der Waals surface area contributed by atoms with E-state index in [-0.39, 0.29) is 5.69 Å². The van der Waals surface area contributed by atoms with Crippen molar-refractivity contribution in [3.05, 3.63) is 62.7 Å². The molecule has 0 saturated carbocycles. The second-order valence-corrected chi connectivity index (χ2v) is 4.36. The minimum Gasteiger partial charge on any atom is -0.324 e. The summed E-state index contributed by atoms with van der Waals surface area (Å²) in [6.07, 6.45) is 1.30. The van der Waals surface area contributed by atoms with Gasteiger partial charge in [-0.1, -0.05) is 18.2 Å². The SMILES string of the molecule is O=C(NC(=O)c1nc(Br)c[nH]c1=O)c1ccccc1. The molecule has 0 aliphatic rings. The van der Waals surface area contributed by atoms with Gasteiger partial charge in [0.05, 0.1) is 0 Å². The molecule has 0 radical (unpaired) electrons. The number of halogens is 1. The van der Waals surface area contributed by atoms with Gasteiger partial charge in [0.15, 0.2) is 5.69 Å². The molecule has 0 atom stereocenters. The van der Waals surface area contributed by atoms with E-state index in [1.165, 1.54) is 6.20 Å². The van der Waals surface area contributed by atoms with Crippen LogP contribution in [0.1, 0.15) is 20.8 Å². The molecule has 1 aromatic carbocycles. The van der Waals surface area contributed by atoms with Crippen molar-refractivity contribution in [1.29, 1.82) is 0 Å². The van der Waals surface area contributed by atoms with E-state index >= 15 is 0 Å². The molecule has 0 saturated heterocycles. The molecular formula is C12H8BrN3O3. The van der Waals surface area contributed by atoms with E-state index in [0.717, 1.165) is 0 Å². The quantitative estimate of drug-likeness (QED) is 0.810. The lowest BCUT2D eigenvalue weighted by Gasteiger charge is -2.03. The number of H-pyrrole nitrogens is 1. The fourth-order valence-electron chi connectivity index (χ4n) is 1.36. The standard InChI is InChI=1S/C12H8BrN3O3/c13-8-6-14-11(18)9(15-8)12(19)16-10(17)7-4-2-1-3-5-7/h1-6H,(H,14,18)(H,16,17,19). The third kappa shape index (κ3) is 3.14. The molecule has 2 amide bonds. The van der Waals surface area contributed by atoms with Gasteiger partial charge in [0.1, 0.15) is 4.60 Å². The Kier molecular flexibility index (Phi) is 3.86. The summed E-state index contributed by atoms with van der Waals surface area (Å²) in [6.45, 7) is 0. The van der Waals surface area contributed by atoms with Crippen LogP contribution < -0.4 is 10.9 Å². The molecule has 0 bridgehead atoms. The van der Waals surface area contributed by atoms with Crippen molar-refractivity contribution in [3.8, 4) is 0 Å². The van der Waals surface area contributed by atoms with Crippen molar-refractivity contribution in [2.45, 2.75) is 0 Å². The maximum absolute atomic E-state index is 11.8. The van der Waals surface area contributed by atoms with Crippen LogP contribution in [0.15, 0.2) is 45.9 Å². The van der Waals surface area contributed by atoms with E-state index in [2.05, 4.69) is 31.2 Å². The lowest BCUT2D eigenvalue weighted by molar-refractivity contribution is 0.0845. The molecule has 0 unspecified atom stereocenters. The highest BCUT2D eigenvalue weighted by Gasteiger charge is 2.16. The number of aromatic nitrogens is 2. The van der Waals surface area contributed by atoms with Crippen LogP contribution in [0.2, 0.25) is 0 Å². The molecule has 0 spiro atoms. The summed E-state index contributed by atoms with van der Waals surface area (Å²) in [5.41, 5.74) is -0.720. The van der Waals surface area contributed by atoms with Crippen LogP contribution in [0.5, 0.6) is 0 Å². The van der Waals surface area contributed by atoms with E-state index in [4.69, 9.17) is 0 Å². The van der Waals surface area contributed by atoms with E-state index in [9.17, 15) is 14.4 Å². The highest BCUT2D eigenvalue weighted by Crippen LogP contribution is 2.02. The third-order valence-corrected chi connectivity index (χ3v) is 2.64. The van der Waals surface area contributed by atoms with Crippen LogP contribution >= 0.6 is 15.9 Å². The summed E-state index contributed by atoms with van der Waals surface area (Å²) in [4.78, 5) is 41.0. The highest BCUT2D eigenvalue weighted by atomic mass is 79.9. The molecule has 0 aliphatic carbocycles. The molecule has 7 heteroatoms. The zero-order chi connectivity index (χ0) is 13.8. The molecule has 0 aliphatic heterocycles. The molecule has 1 heterocycles. The number of carbonyl (C=O) groups excluding carboxylic acids is 2. The van der Waals surface area contributed by atoms with Crippen LogP contribution in [-0.2, 0) is 0 Å². The molecule has 19 heavy (non-hydrogen) atoms. The number of carbonyl (C=O) groups is 2. The zero-order valence-corrected chi connectivity index (χ0v) is 11.1. The van der Waals surface area contributed by atoms with Gasteiger partial charge >= 0.3 is 0 Å². The minimum atomic E-state index is -0.851. The largest absolute Gasteiger partial charge is 0.324 e. The Bertz CT molecular complexity index is 682. The Morgan fingerprint density at radius 1 is 1.16 bits per heavy atom. The zero-order valence-electron chi connectivity index (χ0n) is 9.51. The maximum atomic E-state index is 11.8. The van der Waals surface area contributed by atoms with Crippen molar-refractivity contribution in [3.63, 3.8) is 0 Å². The summed E-state index contributed by atoms with van der Waals surface area (Å²) in [5.74, 6) is -1.44. The van der Waals surface area contributed by atoms with Gasteiger partial charge < -0.3 is 4.98 Å². The Morgan fingerprint density at radius 2 is 1.84 bits per heavy atom. The van der Waals surface area contributed by atoms with E-state index in [1.807, 2.05) is 0 Å². The van der Waals surface area contributed by atoms with Gasteiger partial charge in [-0.25, -0.2) is 4.98 Å². The van der Waals surface area contributed by atoms with Crippen LogP contribution in [0.4, 0.5) is 0 Å². The number of aromatic amines is 1. The number of imide groups is 1. The summed E-state index contributed by atoms with van der Waals surface area (Å²) in [6, 6.07) is 8.20. The maximum Gasteiger partial charge on any atom is 0.282 e. The van der Waals surface area contributed by atoms with Gasteiger partial charge in [-0.3, -0.25) is 19.7 Å². The number of nitrogens with zero attached hydrogens (tertiary/aromatic N) is 1. The Balaban J connectivity index is 2.20. The number of hydrogen-bond acceptors (Lipinski definition) is 4. The summed E-state index contributed by atoms with van der Waals surface area (Å²) >= 11 is 3.03. The van der Waals surface area contributed by atoms with Crippen LogP contribution in [-0.4, -0.2) is 21.8 Å². The first kappa shape index (κ1) is 13.2. The van der Waals surface area contributed by atoms with Gasteiger partial charge in [0.2, 0.25) is 0 Å². The second-order valence-electron chi connectivity index (χ2n) is 3.55. The lowest BCUT2D eigenvalue weighted by atomic mass is 10.2. The van der Waals surface area contributed by atoms with E-state index < -0.39 is 17.4 Å². The Morgan fingerprint density at radius 3 is 2.53 bits per heavy atom. The molecule has 2 N–H and O–H groups in total. The first-order chi connectivity index (χ1) is 9.08. The van der Waals surface area contributed by atoms with Crippen molar-refractivity contribution >= 4 is 27.7 Å². The molecule has 1 aromatic heterocycles. The molecule has 96 valence electrons. The highest BCUT2D eigenvalue weighted by molar-refractivity contribution is 9.10. The fourth-order valence-corrected chi connectivity index (χ4v) is 1.65. The van der Waals surface area contributed by atoms with Crippen molar-refractivity contribution < 1.29 is 9.59 Å². The van der Waals surface area contributed by atoms with E-state index in [0.29, 0.717) is 10.2 Å².